The highest BCUT2D eigenvalue weighted by Crippen LogP contribution is 2.03. The number of nitrogens with one attached hydrogen (secondary N) is 1. The number of aliphatic hydroxyl groups excluding tert-OH is 4. The molecule has 0 saturated carbocycles. The molecule has 6 nitrogen and oxygen atoms in total. The highest BCUT2D eigenvalue weighted by atomic mass is 16.4. The molecule has 0 saturated heterocycles. The molecule has 0 aromatic rings. The third kappa shape index (κ3) is 3.37. The van der Waals surface area contributed by atoms with Crippen LogP contribution in [0, 0.1) is 0 Å². The molecule has 13 heavy (non-hydrogen) atoms. The Morgan fingerprint density at radius 3 is 2.15 bits per heavy atom. The zero-order valence-corrected chi connectivity index (χ0v) is 7.29. The van der Waals surface area contributed by atoms with E-state index in [4.69, 9.17) is 15.3 Å². The lowest BCUT2D eigenvalue weighted by Crippen LogP contribution is -2.51. The van der Waals surface area contributed by atoms with Crippen LogP contribution in [-0.2, 0) is 4.79 Å². The second-order valence-electron chi connectivity index (χ2n) is 2.68. The second kappa shape index (κ2) is 6.01. The molecule has 0 bridgehead atoms. The van der Waals surface area contributed by atoms with Crippen LogP contribution in [0.25, 0.3) is 0 Å². The summed E-state index contributed by atoms with van der Waals surface area (Å²) in [7, 11) is 1.43. The van der Waals surface area contributed by atoms with Gasteiger partial charge < -0.3 is 30.5 Å². The van der Waals surface area contributed by atoms with Crippen LogP contribution >= 0.6 is 0 Å². The Hall–Kier alpha value is -0.530. The maximum Gasteiger partial charge on any atom is 0.139 e. The first-order valence-corrected chi connectivity index (χ1v) is 3.86. The summed E-state index contributed by atoms with van der Waals surface area (Å²) in [5.74, 6) is 0. The molecule has 5 N–H and O–H groups in total. The fraction of sp³-hybridized carbons (Fsp3) is 0.857. The summed E-state index contributed by atoms with van der Waals surface area (Å²) < 4.78 is 0. The molecular weight excluding hydrogens is 178 g/mol. The van der Waals surface area contributed by atoms with Crippen molar-refractivity contribution in [1.29, 1.82) is 0 Å². The lowest BCUT2D eigenvalue weighted by molar-refractivity contribution is -0.119. The van der Waals surface area contributed by atoms with Crippen molar-refractivity contribution in [3.63, 3.8) is 0 Å². The van der Waals surface area contributed by atoms with Crippen LogP contribution in [0.2, 0.25) is 0 Å². The van der Waals surface area contributed by atoms with Gasteiger partial charge in [-0.2, -0.15) is 0 Å². The average Bonchev–Trinajstić information content (AvgIpc) is 2.17. The average molecular weight is 193 g/mol. The van der Waals surface area contributed by atoms with E-state index in [1.54, 1.807) is 0 Å². The van der Waals surface area contributed by atoms with Gasteiger partial charge in [-0.15, -0.1) is 0 Å². The summed E-state index contributed by atoms with van der Waals surface area (Å²) >= 11 is 0. The van der Waals surface area contributed by atoms with Crippen molar-refractivity contribution in [3.8, 4) is 0 Å². The smallest absolute Gasteiger partial charge is 0.139 e. The summed E-state index contributed by atoms with van der Waals surface area (Å²) in [5, 5.41) is 38.2. The first-order chi connectivity index (χ1) is 6.08. The molecule has 0 amide bonds. The summed E-state index contributed by atoms with van der Waals surface area (Å²) in [6.07, 6.45) is -4.03. The Morgan fingerprint density at radius 1 is 1.31 bits per heavy atom. The Morgan fingerprint density at radius 2 is 1.85 bits per heavy atom. The molecule has 0 fully saturated rings. The summed E-state index contributed by atoms with van der Waals surface area (Å²) in [4.78, 5) is 10.3. The van der Waals surface area contributed by atoms with Crippen molar-refractivity contribution in [1.82, 2.24) is 5.32 Å². The topological polar surface area (TPSA) is 110 Å². The van der Waals surface area contributed by atoms with Crippen LogP contribution in [0.3, 0.4) is 0 Å². The Balaban J connectivity index is 4.21. The van der Waals surface area contributed by atoms with E-state index in [9.17, 15) is 9.90 Å². The van der Waals surface area contributed by atoms with E-state index in [0.717, 1.165) is 0 Å². The predicted octanol–water partition coefficient (Wildman–Crippen LogP) is -3.15. The van der Waals surface area contributed by atoms with Crippen LogP contribution in [0.1, 0.15) is 0 Å². The maximum atomic E-state index is 10.3. The van der Waals surface area contributed by atoms with Crippen molar-refractivity contribution < 1.29 is 25.2 Å². The summed E-state index contributed by atoms with van der Waals surface area (Å²) in [5.41, 5.74) is 0. The molecule has 4 atom stereocenters. The van der Waals surface area contributed by atoms with Crippen LogP contribution in [0.15, 0.2) is 0 Å². The van der Waals surface area contributed by atoms with Gasteiger partial charge in [-0.05, 0) is 7.05 Å². The number of carbonyl (C=O) groups excluding carboxylic acids is 1. The van der Waals surface area contributed by atoms with Gasteiger partial charge in [0.25, 0.3) is 0 Å². The Kier molecular flexibility index (Phi) is 5.76. The van der Waals surface area contributed by atoms with Gasteiger partial charge in [-0.25, -0.2) is 0 Å². The number of aliphatic hydroxyl groups is 4. The molecule has 0 aromatic carbocycles. The van der Waals surface area contributed by atoms with Crippen molar-refractivity contribution in [2.75, 3.05) is 13.7 Å². The minimum atomic E-state index is -1.55. The minimum absolute atomic E-state index is 0.415. The summed E-state index contributed by atoms with van der Waals surface area (Å²) in [6, 6.07) is -0.962. The fourth-order valence-corrected chi connectivity index (χ4v) is 0.867. The zero-order valence-electron chi connectivity index (χ0n) is 7.29. The van der Waals surface area contributed by atoms with Gasteiger partial charge >= 0.3 is 0 Å². The van der Waals surface area contributed by atoms with E-state index in [0.29, 0.717) is 6.29 Å². The monoisotopic (exact) mass is 193 g/mol. The Bertz CT molecular complexity index is 154. The highest BCUT2D eigenvalue weighted by molar-refractivity contribution is 5.58. The largest absolute Gasteiger partial charge is 0.394 e. The van der Waals surface area contributed by atoms with Gasteiger partial charge in [0, 0.05) is 0 Å². The summed E-state index contributed by atoms with van der Waals surface area (Å²) in [6.45, 7) is -0.673. The van der Waals surface area contributed by atoms with Crippen LogP contribution in [-0.4, -0.2) is 64.7 Å². The van der Waals surface area contributed by atoms with Crippen LogP contribution in [0.5, 0.6) is 0 Å². The first kappa shape index (κ1) is 12.5. The van der Waals surface area contributed by atoms with E-state index >= 15 is 0 Å². The fourth-order valence-electron chi connectivity index (χ4n) is 0.867. The van der Waals surface area contributed by atoms with Gasteiger partial charge in [0.15, 0.2) is 0 Å². The van der Waals surface area contributed by atoms with E-state index < -0.39 is 31.0 Å². The maximum absolute atomic E-state index is 10.3. The van der Waals surface area contributed by atoms with Crippen molar-refractivity contribution in [3.05, 3.63) is 0 Å². The Labute approximate surface area is 75.8 Å². The van der Waals surface area contributed by atoms with Crippen molar-refractivity contribution in [2.45, 2.75) is 24.4 Å². The molecule has 0 heterocycles. The molecule has 0 aliphatic heterocycles. The van der Waals surface area contributed by atoms with E-state index in [1.807, 2.05) is 0 Å². The molecule has 0 spiro atoms. The molecule has 0 aromatic heterocycles. The van der Waals surface area contributed by atoms with Gasteiger partial charge in [-0.3, -0.25) is 0 Å². The molecule has 0 aliphatic rings. The first-order valence-electron chi connectivity index (χ1n) is 3.86. The molecule has 0 radical (unpaired) electrons. The van der Waals surface area contributed by atoms with Crippen LogP contribution in [0.4, 0.5) is 0 Å². The molecule has 78 valence electrons. The van der Waals surface area contributed by atoms with E-state index in [-0.39, 0.29) is 0 Å². The lowest BCUT2D eigenvalue weighted by Gasteiger charge is -2.25. The number of hydrogen-bond acceptors (Lipinski definition) is 6. The van der Waals surface area contributed by atoms with E-state index in [1.165, 1.54) is 7.05 Å². The number of carbonyl (C=O) groups is 1. The molecule has 0 aliphatic carbocycles. The quantitative estimate of drug-likeness (QED) is 0.285. The van der Waals surface area contributed by atoms with Gasteiger partial charge in [0.05, 0.1) is 12.6 Å². The minimum Gasteiger partial charge on any atom is -0.394 e. The van der Waals surface area contributed by atoms with Gasteiger partial charge in [0.2, 0.25) is 0 Å². The van der Waals surface area contributed by atoms with E-state index in [2.05, 4.69) is 5.32 Å². The molecule has 0 rings (SSSR count). The predicted molar refractivity (Wildman–Crippen MR) is 44.0 cm³/mol. The second-order valence-corrected chi connectivity index (χ2v) is 2.68. The standard InChI is InChI=1S/C7H15NO5/c1-8-4(2-9)6(12)7(13)5(11)3-10/h2,4-8,10-13H,3H2,1H3. The molecular formula is C7H15NO5. The number of likely N-dealkylation sites (N-methyl/N-ethyl adjacent to an activating group) is 1. The van der Waals surface area contributed by atoms with Crippen molar-refractivity contribution in [2.24, 2.45) is 0 Å². The van der Waals surface area contributed by atoms with Gasteiger partial charge in [-0.1, -0.05) is 0 Å². The lowest BCUT2D eigenvalue weighted by atomic mass is 10.0. The normalized spacial score (nSPS) is 20.4. The molecule has 6 heteroatoms. The third-order valence-electron chi connectivity index (χ3n) is 1.78. The van der Waals surface area contributed by atoms with Crippen LogP contribution < -0.4 is 5.32 Å². The van der Waals surface area contributed by atoms with Gasteiger partial charge in [0.1, 0.15) is 24.6 Å². The van der Waals surface area contributed by atoms with Crippen molar-refractivity contribution >= 4 is 6.29 Å². The zero-order chi connectivity index (χ0) is 10.4. The number of aldehydes is 1. The number of rotatable bonds is 6. The molecule has 4 unspecified atom stereocenters. The SMILES string of the molecule is CNC(C=O)C(O)C(O)C(O)CO. The number of hydrogen-bond donors (Lipinski definition) is 5. The third-order valence-corrected chi connectivity index (χ3v) is 1.78. The highest BCUT2D eigenvalue weighted by Gasteiger charge is 2.29.